The Kier molecular flexibility index (Phi) is 6.15. The number of carbonyl (C=O) groups excluding carboxylic acids is 1. The third kappa shape index (κ3) is 5.38. The zero-order valence-electron chi connectivity index (χ0n) is 12.1. The summed E-state index contributed by atoms with van der Waals surface area (Å²) in [5.74, 6) is 0.393. The van der Waals surface area contributed by atoms with Crippen LogP contribution in [-0.4, -0.2) is 43.1 Å². The molecule has 1 amide bonds. The number of likely N-dealkylation sites (tertiary alicyclic amines) is 1. The minimum atomic E-state index is -0.110. The fourth-order valence-electron chi connectivity index (χ4n) is 2.42. The molecule has 0 unspecified atom stereocenters. The summed E-state index contributed by atoms with van der Waals surface area (Å²) in [6.45, 7) is 5.27. The average molecular weight is 331 g/mol. The third-order valence-electron chi connectivity index (χ3n) is 3.61. The van der Waals surface area contributed by atoms with Crippen molar-refractivity contribution in [3.8, 4) is 5.75 Å². The highest BCUT2D eigenvalue weighted by molar-refractivity contribution is 6.34. The van der Waals surface area contributed by atoms with Crippen molar-refractivity contribution in [1.82, 2.24) is 10.2 Å². The van der Waals surface area contributed by atoms with Gasteiger partial charge < -0.3 is 15.0 Å². The number of carbonyl (C=O) groups is 1. The topological polar surface area (TPSA) is 41.6 Å². The molecule has 1 aromatic rings. The normalized spacial score (nSPS) is 16.7. The standard InChI is InChI=1S/C15H20Cl2N2O2/c1-2-19-5-3-13(4-6-19)18-15(20)10-21-14-8-11(16)7-12(17)9-14/h7-9,13H,2-6,10H2,1H3,(H,18,20). The molecule has 1 N–H and O–H groups in total. The number of hydrogen-bond donors (Lipinski definition) is 1. The molecule has 0 radical (unpaired) electrons. The molecule has 0 atom stereocenters. The van der Waals surface area contributed by atoms with Crippen molar-refractivity contribution in [2.24, 2.45) is 0 Å². The van der Waals surface area contributed by atoms with Gasteiger partial charge in [-0.05, 0) is 37.6 Å². The van der Waals surface area contributed by atoms with Gasteiger partial charge in [0.05, 0.1) is 0 Å². The molecule has 1 aromatic carbocycles. The minimum Gasteiger partial charge on any atom is -0.484 e. The molecule has 0 aromatic heterocycles. The van der Waals surface area contributed by atoms with Gasteiger partial charge in [-0.25, -0.2) is 0 Å². The first-order valence-electron chi connectivity index (χ1n) is 7.17. The molecule has 0 bridgehead atoms. The Labute approximate surface area is 135 Å². The number of benzene rings is 1. The summed E-state index contributed by atoms with van der Waals surface area (Å²) in [6, 6.07) is 5.14. The molecule has 1 heterocycles. The van der Waals surface area contributed by atoms with E-state index in [1.165, 1.54) is 0 Å². The maximum absolute atomic E-state index is 11.9. The molecule has 1 saturated heterocycles. The lowest BCUT2D eigenvalue weighted by Crippen LogP contribution is -2.45. The van der Waals surface area contributed by atoms with E-state index in [9.17, 15) is 4.79 Å². The molecule has 4 nitrogen and oxygen atoms in total. The van der Waals surface area contributed by atoms with E-state index in [4.69, 9.17) is 27.9 Å². The monoisotopic (exact) mass is 330 g/mol. The van der Waals surface area contributed by atoms with Gasteiger partial charge >= 0.3 is 0 Å². The average Bonchev–Trinajstić information content (AvgIpc) is 2.45. The molecule has 1 fully saturated rings. The van der Waals surface area contributed by atoms with Gasteiger partial charge in [0, 0.05) is 29.2 Å². The van der Waals surface area contributed by atoms with Crippen molar-refractivity contribution in [2.75, 3.05) is 26.2 Å². The molecular formula is C15H20Cl2N2O2. The Morgan fingerprint density at radius 2 is 1.90 bits per heavy atom. The van der Waals surface area contributed by atoms with E-state index in [0.717, 1.165) is 32.5 Å². The van der Waals surface area contributed by atoms with Crippen LogP contribution in [0.25, 0.3) is 0 Å². The summed E-state index contributed by atoms with van der Waals surface area (Å²) < 4.78 is 5.42. The van der Waals surface area contributed by atoms with Crippen molar-refractivity contribution >= 4 is 29.1 Å². The van der Waals surface area contributed by atoms with Gasteiger partial charge in [-0.15, -0.1) is 0 Å². The fourth-order valence-corrected chi connectivity index (χ4v) is 2.93. The predicted molar refractivity (Wildman–Crippen MR) is 85.2 cm³/mol. The van der Waals surface area contributed by atoms with Crippen molar-refractivity contribution in [1.29, 1.82) is 0 Å². The Balaban J connectivity index is 1.75. The number of ether oxygens (including phenoxy) is 1. The summed E-state index contributed by atoms with van der Waals surface area (Å²) in [7, 11) is 0. The zero-order valence-corrected chi connectivity index (χ0v) is 13.6. The summed E-state index contributed by atoms with van der Waals surface area (Å²) in [5, 5.41) is 3.99. The van der Waals surface area contributed by atoms with Gasteiger partial charge in [-0.3, -0.25) is 4.79 Å². The van der Waals surface area contributed by atoms with Crippen molar-refractivity contribution in [2.45, 2.75) is 25.8 Å². The number of amides is 1. The molecule has 0 spiro atoms. The van der Waals surface area contributed by atoms with Crippen LogP contribution in [0.15, 0.2) is 18.2 Å². The van der Waals surface area contributed by atoms with Crippen LogP contribution in [0.4, 0.5) is 0 Å². The van der Waals surface area contributed by atoms with E-state index in [0.29, 0.717) is 15.8 Å². The van der Waals surface area contributed by atoms with E-state index in [1.807, 2.05) is 0 Å². The molecule has 6 heteroatoms. The van der Waals surface area contributed by atoms with Crippen LogP contribution in [0, 0.1) is 0 Å². The molecule has 0 saturated carbocycles. The predicted octanol–water partition coefficient (Wildman–Crippen LogP) is 2.97. The SMILES string of the molecule is CCN1CCC(NC(=O)COc2cc(Cl)cc(Cl)c2)CC1. The van der Waals surface area contributed by atoms with Crippen molar-refractivity contribution in [3.05, 3.63) is 28.2 Å². The second-order valence-electron chi connectivity index (χ2n) is 5.17. The summed E-state index contributed by atoms with van der Waals surface area (Å²) >= 11 is 11.8. The molecule has 0 aliphatic carbocycles. The van der Waals surface area contributed by atoms with Crippen LogP contribution in [-0.2, 0) is 4.79 Å². The third-order valence-corrected chi connectivity index (χ3v) is 4.04. The van der Waals surface area contributed by atoms with Crippen molar-refractivity contribution in [3.63, 3.8) is 0 Å². The van der Waals surface area contributed by atoms with E-state index in [2.05, 4.69) is 17.1 Å². The lowest BCUT2D eigenvalue weighted by atomic mass is 10.1. The van der Waals surface area contributed by atoms with Gasteiger partial charge in [0.15, 0.2) is 6.61 Å². The Bertz CT molecular complexity index is 468. The van der Waals surface area contributed by atoms with Crippen LogP contribution in [0.1, 0.15) is 19.8 Å². The quantitative estimate of drug-likeness (QED) is 0.902. The van der Waals surface area contributed by atoms with E-state index >= 15 is 0 Å². The van der Waals surface area contributed by atoms with Crippen molar-refractivity contribution < 1.29 is 9.53 Å². The minimum absolute atomic E-state index is 0.0232. The molecule has 1 aliphatic heterocycles. The van der Waals surface area contributed by atoms with Gasteiger partial charge in [-0.1, -0.05) is 30.1 Å². The van der Waals surface area contributed by atoms with Crippen LogP contribution in [0.5, 0.6) is 5.75 Å². The maximum atomic E-state index is 11.9. The zero-order chi connectivity index (χ0) is 15.2. The highest BCUT2D eigenvalue weighted by Crippen LogP contribution is 2.24. The van der Waals surface area contributed by atoms with E-state index in [-0.39, 0.29) is 18.6 Å². The molecule has 116 valence electrons. The number of halogens is 2. The summed E-state index contributed by atoms with van der Waals surface area (Å²) in [4.78, 5) is 14.3. The van der Waals surface area contributed by atoms with E-state index in [1.54, 1.807) is 18.2 Å². The second-order valence-corrected chi connectivity index (χ2v) is 6.04. The lowest BCUT2D eigenvalue weighted by Gasteiger charge is -2.31. The van der Waals surface area contributed by atoms with Crippen LogP contribution < -0.4 is 10.1 Å². The van der Waals surface area contributed by atoms with Gasteiger partial charge in [0.2, 0.25) is 0 Å². The number of hydrogen-bond acceptors (Lipinski definition) is 3. The highest BCUT2D eigenvalue weighted by atomic mass is 35.5. The number of piperidine rings is 1. The maximum Gasteiger partial charge on any atom is 0.258 e. The van der Waals surface area contributed by atoms with Crippen LogP contribution in [0.3, 0.4) is 0 Å². The lowest BCUT2D eigenvalue weighted by molar-refractivity contribution is -0.124. The summed E-state index contributed by atoms with van der Waals surface area (Å²) in [5.41, 5.74) is 0. The number of rotatable bonds is 5. The van der Waals surface area contributed by atoms with Crippen LogP contribution >= 0.6 is 23.2 Å². The largest absolute Gasteiger partial charge is 0.484 e. The fraction of sp³-hybridized carbons (Fsp3) is 0.533. The van der Waals surface area contributed by atoms with Crippen LogP contribution in [0.2, 0.25) is 10.0 Å². The highest BCUT2D eigenvalue weighted by Gasteiger charge is 2.19. The second kappa shape index (κ2) is 7.87. The molecule has 21 heavy (non-hydrogen) atoms. The first-order valence-corrected chi connectivity index (χ1v) is 7.93. The van der Waals surface area contributed by atoms with E-state index < -0.39 is 0 Å². The van der Waals surface area contributed by atoms with Gasteiger partial charge in [0.1, 0.15) is 5.75 Å². The Morgan fingerprint density at radius 1 is 1.29 bits per heavy atom. The Hall–Kier alpha value is -0.970. The number of nitrogens with zero attached hydrogens (tertiary/aromatic N) is 1. The molecule has 1 aliphatic rings. The number of nitrogens with one attached hydrogen (secondary N) is 1. The summed E-state index contributed by atoms with van der Waals surface area (Å²) in [6.07, 6.45) is 1.98. The first kappa shape index (κ1) is 16.4. The van der Waals surface area contributed by atoms with Gasteiger partial charge in [-0.2, -0.15) is 0 Å². The van der Waals surface area contributed by atoms with Gasteiger partial charge in [0.25, 0.3) is 5.91 Å². The molecular weight excluding hydrogens is 311 g/mol. The Morgan fingerprint density at radius 3 is 2.48 bits per heavy atom. The molecule has 2 rings (SSSR count). The smallest absolute Gasteiger partial charge is 0.258 e. The first-order chi connectivity index (χ1) is 10.1.